The summed E-state index contributed by atoms with van der Waals surface area (Å²) in [5, 5.41) is 12.8. The maximum Gasteiger partial charge on any atom is 0.275 e. The zero-order valence-corrected chi connectivity index (χ0v) is 71.3. The van der Waals surface area contributed by atoms with Gasteiger partial charge in [0.25, 0.3) is 23.6 Å². The van der Waals surface area contributed by atoms with Crippen LogP contribution in [0.25, 0.3) is 22.7 Å². The number of nitrogens with zero attached hydrogens (tertiary/aromatic N) is 18. The number of rotatable bonds is 20. The lowest BCUT2D eigenvalue weighted by Gasteiger charge is -2.27. The number of aromatic nitrogens is 13. The van der Waals surface area contributed by atoms with E-state index in [1.54, 1.807) is 15.6 Å². The van der Waals surface area contributed by atoms with Gasteiger partial charge in [0.1, 0.15) is 5.69 Å². The number of hydrogen-bond donors (Lipinski definition) is 0. The van der Waals surface area contributed by atoms with Gasteiger partial charge in [-0.1, -0.05) is 29.4 Å². The summed E-state index contributed by atoms with van der Waals surface area (Å²) in [5.41, 5.74) is 14.7. The molecule has 9 aliphatic rings. The van der Waals surface area contributed by atoms with Crippen molar-refractivity contribution in [3.8, 4) is 46.2 Å². The average Bonchev–Trinajstić information content (AvgIpc) is 1.62. The van der Waals surface area contributed by atoms with Crippen LogP contribution in [0.15, 0.2) is 163 Å². The zero-order valence-electron chi connectivity index (χ0n) is 71.3. The molecule has 9 saturated heterocycles. The monoisotopic (exact) mass is 1640 g/mol. The molecule has 4 amide bonds. The fourth-order valence-electron chi connectivity index (χ4n) is 19.9. The Morgan fingerprint density at radius 1 is 0.377 bits per heavy atom. The Bertz CT molecular complexity index is 5370. The Balaban J connectivity index is 0.000000116. The minimum Gasteiger partial charge on any atom is -0.477 e. The number of carbonyl (C=O) groups excluding carboxylic acids is 4. The molecule has 9 aliphatic heterocycles. The fraction of sp³-hybridized carbons (Fsp3) is 0.442. The van der Waals surface area contributed by atoms with E-state index in [4.69, 9.17) is 28.5 Å². The van der Waals surface area contributed by atoms with Crippen molar-refractivity contribution in [2.75, 3.05) is 44.4 Å². The van der Waals surface area contributed by atoms with Crippen molar-refractivity contribution < 1.29 is 42.6 Å². The first-order valence-corrected chi connectivity index (χ1v) is 43.3. The molecule has 11 aromatic rings. The lowest BCUT2D eigenvalue weighted by atomic mass is 9.90. The van der Waals surface area contributed by atoms with Gasteiger partial charge in [-0.05, 0) is 242 Å². The highest BCUT2D eigenvalue weighted by Gasteiger charge is 2.54. The molecule has 12 unspecified atom stereocenters. The molecule has 20 heterocycles. The number of hydrogen-bond acceptors (Lipinski definition) is 21. The first-order chi connectivity index (χ1) is 59.2. The molecule has 0 radical (unpaired) electrons. The summed E-state index contributed by atoms with van der Waals surface area (Å²) < 4.78 is 32.8. The second-order valence-electron chi connectivity index (χ2n) is 34.7. The van der Waals surface area contributed by atoms with Crippen LogP contribution in [0.1, 0.15) is 188 Å². The van der Waals surface area contributed by atoms with Crippen LogP contribution in [0.5, 0.6) is 23.5 Å². The summed E-state index contributed by atoms with van der Waals surface area (Å²) in [7, 11) is 0. The summed E-state index contributed by atoms with van der Waals surface area (Å²) >= 11 is 0. The second-order valence-corrected chi connectivity index (χ2v) is 34.7. The van der Waals surface area contributed by atoms with Gasteiger partial charge in [-0.3, -0.25) is 19.2 Å². The Kier molecular flexibility index (Phi) is 24.1. The van der Waals surface area contributed by atoms with Crippen LogP contribution in [-0.4, -0.2) is 196 Å². The normalized spacial score (nSPS) is 23.0. The van der Waals surface area contributed by atoms with Gasteiger partial charge in [0.15, 0.2) is 22.8 Å². The molecule has 0 aromatic carbocycles. The van der Waals surface area contributed by atoms with Crippen molar-refractivity contribution in [3.63, 3.8) is 0 Å². The first kappa shape index (κ1) is 82.0. The Hall–Kier alpha value is -12.3. The van der Waals surface area contributed by atoms with Crippen LogP contribution in [0.2, 0.25) is 0 Å². The summed E-state index contributed by atoms with van der Waals surface area (Å²) in [6, 6.07) is 38.6. The average molecular weight is 1650 g/mol. The Morgan fingerprint density at radius 2 is 0.738 bits per heavy atom. The molecular formula is C95H108N18O9. The van der Waals surface area contributed by atoms with Gasteiger partial charge >= 0.3 is 0 Å². The van der Waals surface area contributed by atoms with E-state index in [1.807, 2.05) is 225 Å². The minimum atomic E-state index is -0.0313. The van der Waals surface area contributed by atoms with Gasteiger partial charge in [-0.2, -0.15) is 10.2 Å². The Morgan fingerprint density at radius 3 is 1.08 bits per heavy atom. The number of amides is 4. The van der Waals surface area contributed by atoms with Crippen molar-refractivity contribution in [1.29, 1.82) is 0 Å². The van der Waals surface area contributed by atoms with Crippen molar-refractivity contribution >= 4 is 29.3 Å². The molecule has 20 rings (SSSR count). The molecule has 122 heavy (non-hydrogen) atoms. The second kappa shape index (κ2) is 35.8. The molecule has 0 spiro atoms. The number of fused-ring (bicyclic) bond motifs is 8. The number of ether oxygens (including phenoxy) is 4. The molecule has 27 nitrogen and oxygen atoms in total. The highest BCUT2D eigenvalue weighted by molar-refractivity contribution is 6.00. The third kappa shape index (κ3) is 17.6. The molecule has 12 atom stereocenters. The molecule has 632 valence electrons. The lowest BCUT2D eigenvalue weighted by Crippen LogP contribution is -2.39. The number of pyridine rings is 8. The highest BCUT2D eigenvalue weighted by Crippen LogP contribution is 2.48. The molecule has 0 N–H and O–H groups in total. The van der Waals surface area contributed by atoms with Gasteiger partial charge in [0, 0.05) is 182 Å². The molecule has 8 bridgehead atoms. The van der Waals surface area contributed by atoms with Gasteiger partial charge in [0.05, 0.1) is 60.4 Å². The van der Waals surface area contributed by atoms with E-state index in [0.717, 1.165) is 164 Å². The highest BCUT2D eigenvalue weighted by atomic mass is 16.5. The van der Waals surface area contributed by atoms with Crippen LogP contribution >= 0.6 is 0 Å². The van der Waals surface area contributed by atoms with Crippen LogP contribution in [0, 0.1) is 92.9 Å². The first-order valence-electron chi connectivity index (χ1n) is 43.3. The van der Waals surface area contributed by atoms with E-state index in [1.165, 1.54) is 12.8 Å². The smallest absolute Gasteiger partial charge is 0.275 e. The summed E-state index contributed by atoms with van der Waals surface area (Å²) in [5.74, 6) is 4.49. The van der Waals surface area contributed by atoms with E-state index in [9.17, 15) is 19.2 Å². The number of aryl methyl sites for hydroxylation is 10. The lowest BCUT2D eigenvalue weighted by molar-refractivity contribution is 0.0695. The van der Waals surface area contributed by atoms with Gasteiger partial charge in [0.2, 0.25) is 23.5 Å². The van der Waals surface area contributed by atoms with Gasteiger partial charge < -0.3 is 48.0 Å². The van der Waals surface area contributed by atoms with Gasteiger partial charge in [-0.15, -0.1) is 0 Å². The minimum absolute atomic E-state index is 0.00434. The van der Waals surface area contributed by atoms with Crippen LogP contribution in [0.4, 0.5) is 5.69 Å². The maximum absolute atomic E-state index is 13.7. The molecule has 9 fully saturated rings. The molecular weight excluding hydrogens is 1540 g/mol. The Labute approximate surface area is 712 Å². The van der Waals surface area contributed by atoms with Crippen LogP contribution in [-0.2, 0) is 0 Å². The zero-order chi connectivity index (χ0) is 84.4. The molecule has 11 aromatic heterocycles. The summed E-state index contributed by atoms with van der Waals surface area (Å²) in [4.78, 5) is 101. The summed E-state index contributed by atoms with van der Waals surface area (Å²) in [6.07, 6.45) is 27.2. The molecule has 0 saturated carbocycles. The van der Waals surface area contributed by atoms with Gasteiger partial charge in [-0.25, -0.2) is 49.2 Å². The topological polar surface area (TPSA) is 286 Å². The van der Waals surface area contributed by atoms with E-state index in [-0.39, 0.29) is 65.9 Å². The van der Waals surface area contributed by atoms with Crippen LogP contribution in [0.3, 0.4) is 0 Å². The predicted octanol–water partition coefficient (Wildman–Crippen LogP) is 14.9. The molecule has 27 heteroatoms. The van der Waals surface area contributed by atoms with E-state index in [0.29, 0.717) is 114 Å². The summed E-state index contributed by atoms with van der Waals surface area (Å²) in [6.45, 7) is 23.9. The number of anilines is 1. The SMILES string of the molecule is Cc1ccc(OCC2CC3CCC2N3C(=O)c2nc(C)ccc2-c2cc(C)no2)nc1.Cc1ccc(OCC2CC3CCC2N3C(=O)c2nc(C)ccc2-n2ccc(C)n2)nc1.Cc1ccc(OCC2CC3CCC2N3C(=O)c2nc(C)ccc2-n2cccn2)nc1.Cc1ccc(OCC2CC3CCC2N3C(=O)c2nc(C)ccc2N2CCCC2)nc1. The van der Waals surface area contributed by atoms with Crippen LogP contribution < -0.4 is 23.8 Å². The third-order valence-electron chi connectivity index (χ3n) is 25.9. The van der Waals surface area contributed by atoms with E-state index in [2.05, 4.69) is 71.0 Å². The van der Waals surface area contributed by atoms with Crippen molar-refractivity contribution in [1.82, 2.24) is 84.2 Å². The quantitative estimate of drug-likeness (QED) is 0.0685. The maximum atomic E-state index is 13.7. The standard InChI is InChI=1S/C24H27N5O2.C24H26N4O3.C24H30N4O2.C23H25N5O2/c1-15-4-9-22(25-13-15)31-14-18-12-19-6-8-20(18)29(19)24(30)23-21(7-5-16(2)26-23)28-11-10-17(3)27-28;1-14-4-9-22(25-12-14)30-13-17-11-18-6-8-20(17)28(18)24(29)23-19(7-5-15(2)26-23)21-10-16(3)27-31-21;1-16-5-10-22(25-14-16)30-15-18-13-19-7-9-20(18)28(19)24(29)23-21(8-6-17(2)26-23)27-11-3-4-12-27;1-15-4-9-21(24-13-15)30-14-17-12-18-6-8-19(17)28(18)23(29)22-20(7-5-16(2)26-22)27-11-3-10-25-27/h4-5,7,9-11,13,18-20H,6,8,12,14H2,1-3H3;4-5,7,9-10,12,17-18,20H,6,8,11,13H2,1-3H3;5-6,8,10,14,18-20H,3-4,7,9,11-13,15H2,1-2H3;3-5,7,9-11,13,17-19H,6,8,12,14H2,1-2H3. The van der Waals surface area contributed by atoms with E-state index >= 15 is 0 Å². The van der Waals surface area contributed by atoms with Crippen molar-refractivity contribution in [2.24, 2.45) is 23.7 Å². The fourth-order valence-corrected chi connectivity index (χ4v) is 19.9. The number of carbonyl (C=O) groups is 4. The van der Waals surface area contributed by atoms with Crippen molar-refractivity contribution in [3.05, 3.63) is 238 Å². The van der Waals surface area contributed by atoms with Crippen molar-refractivity contribution in [2.45, 2.75) is 207 Å². The predicted molar refractivity (Wildman–Crippen MR) is 459 cm³/mol. The molecule has 0 aliphatic carbocycles. The largest absolute Gasteiger partial charge is 0.477 e. The van der Waals surface area contributed by atoms with E-state index < -0.39 is 0 Å². The third-order valence-corrected chi connectivity index (χ3v) is 25.9.